The summed E-state index contributed by atoms with van der Waals surface area (Å²) in [4.78, 5) is 0. The summed E-state index contributed by atoms with van der Waals surface area (Å²) in [6.07, 6.45) is 3.87. The predicted octanol–water partition coefficient (Wildman–Crippen LogP) is 4.47. The van der Waals surface area contributed by atoms with Crippen LogP contribution in [-0.4, -0.2) is 12.6 Å². The minimum atomic E-state index is 0.464. The van der Waals surface area contributed by atoms with Crippen LogP contribution in [-0.2, 0) is 0 Å². The van der Waals surface area contributed by atoms with Gasteiger partial charge in [0, 0.05) is 6.04 Å². The number of hydrogen-bond donors (Lipinski definition) is 1. The fourth-order valence-electron chi connectivity index (χ4n) is 2.48. The van der Waals surface area contributed by atoms with Gasteiger partial charge < -0.3 is 5.32 Å². The van der Waals surface area contributed by atoms with Crippen molar-refractivity contribution in [1.29, 1.82) is 0 Å². The molecular formula is C15H33N. The highest BCUT2D eigenvalue weighted by atomic mass is 14.9. The van der Waals surface area contributed by atoms with E-state index in [1.165, 1.54) is 19.3 Å². The second-order valence-corrected chi connectivity index (χ2v) is 6.91. The molecule has 0 bridgehead atoms. The van der Waals surface area contributed by atoms with Crippen LogP contribution in [0.4, 0.5) is 0 Å². The third-order valence-electron chi connectivity index (χ3n) is 3.08. The molecule has 0 aliphatic rings. The normalized spacial score (nSPS) is 16.5. The summed E-state index contributed by atoms with van der Waals surface area (Å²) in [6.45, 7) is 17.5. The van der Waals surface area contributed by atoms with E-state index >= 15 is 0 Å². The lowest BCUT2D eigenvalue weighted by Crippen LogP contribution is -2.36. The molecule has 1 N–H and O–H groups in total. The highest BCUT2D eigenvalue weighted by Gasteiger charge is 2.20. The number of nitrogens with one attached hydrogen (secondary N) is 1. The highest BCUT2D eigenvalue weighted by molar-refractivity contribution is 4.76. The van der Waals surface area contributed by atoms with Crippen molar-refractivity contribution in [3.05, 3.63) is 0 Å². The van der Waals surface area contributed by atoms with Gasteiger partial charge in [-0.2, -0.15) is 0 Å². The standard InChI is InChI=1S/C15H33N/c1-8-9-16-14(12(2)3)10-13(4)11-15(5,6)7/h12-14,16H,8-11H2,1-7H3. The van der Waals surface area contributed by atoms with Crippen molar-refractivity contribution in [3.63, 3.8) is 0 Å². The minimum absolute atomic E-state index is 0.464. The Morgan fingerprint density at radius 2 is 1.62 bits per heavy atom. The van der Waals surface area contributed by atoms with E-state index in [0.717, 1.165) is 18.4 Å². The van der Waals surface area contributed by atoms with E-state index < -0.39 is 0 Å². The fourth-order valence-corrected chi connectivity index (χ4v) is 2.48. The van der Waals surface area contributed by atoms with Crippen LogP contribution in [0.5, 0.6) is 0 Å². The van der Waals surface area contributed by atoms with Crippen LogP contribution in [0.1, 0.15) is 67.7 Å². The van der Waals surface area contributed by atoms with E-state index in [4.69, 9.17) is 0 Å². The first-order valence-corrected chi connectivity index (χ1v) is 6.99. The topological polar surface area (TPSA) is 12.0 Å². The average molecular weight is 227 g/mol. The molecule has 98 valence electrons. The molecule has 0 saturated carbocycles. The molecule has 0 aliphatic carbocycles. The van der Waals surface area contributed by atoms with E-state index in [2.05, 4.69) is 53.8 Å². The third-order valence-corrected chi connectivity index (χ3v) is 3.08. The van der Waals surface area contributed by atoms with Crippen LogP contribution in [0.25, 0.3) is 0 Å². The van der Waals surface area contributed by atoms with Gasteiger partial charge in [0.15, 0.2) is 0 Å². The molecule has 16 heavy (non-hydrogen) atoms. The smallest absolute Gasteiger partial charge is 0.00925 e. The molecular weight excluding hydrogens is 194 g/mol. The summed E-state index contributed by atoms with van der Waals surface area (Å²) < 4.78 is 0. The monoisotopic (exact) mass is 227 g/mol. The fraction of sp³-hybridized carbons (Fsp3) is 1.00. The van der Waals surface area contributed by atoms with Gasteiger partial charge in [-0.1, -0.05) is 48.5 Å². The van der Waals surface area contributed by atoms with Crippen LogP contribution in [0.15, 0.2) is 0 Å². The van der Waals surface area contributed by atoms with Gasteiger partial charge in [-0.25, -0.2) is 0 Å². The Kier molecular flexibility index (Phi) is 7.30. The summed E-state index contributed by atoms with van der Waals surface area (Å²) in [5, 5.41) is 3.69. The molecule has 0 radical (unpaired) electrons. The SMILES string of the molecule is CCCNC(CC(C)CC(C)(C)C)C(C)C. The maximum Gasteiger partial charge on any atom is 0.00925 e. The van der Waals surface area contributed by atoms with Crippen LogP contribution >= 0.6 is 0 Å². The van der Waals surface area contributed by atoms with Crippen molar-refractivity contribution in [3.8, 4) is 0 Å². The molecule has 1 nitrogen and oxygen atoms in total. The van der Waals surface area contributed by atoms with Crippen LogP contribution in [0, 0.1) is 17.3 Å². The van der Waals surface area contributed by atoms with Crippen molar-refractivity contribution in [2.75, 3.05) is 6.54 Å². The minimum Gasteiger partial charge on any atom is -0.314 e. The largest absolute Gasteiger partial charge is 0.314 e. The van der Waals surface area contributed by atoms with Crippen LogP contribution in [0.3, 0.4) is 0 Å². The molecule has 0 heterocycles. The van der Waals surface area contributed by atoms with Crippen molar-refractivity contribution < 1.29 is 0 Å². The molecule has 0 amide bonds. The molecule has 0 rings (SSSR count). The first-order chi connectivity index (χ1) is 7.26. The zero-order chi connectivity index (χ0) is 12.8. The molecule has 2 unspecified atom stereocenters. The molecule has 1 heteroatoms. The van der Waals surface area contributed by atoms with E-state index in [0.29, 0.717) is 11.5 Å². The Morgan fingerprint density at radius 3 is 2.00 bits per heavy atom. The molecule has 0 fully saturated rings. The number of rotatable bonds is 7. The number of hydrogen-bond acceptors (Lipinski definition) is 1. The van der Waals surface area contributed by atoms with Gasteiger partial charge in [-0.05, 0) is 43.1 Å². The molecule has 0 aromatic rings. The van der Waals surface area contributed by atoms with Gasteiger partial charge in [0.05, 0.1) is 0 Å². The van der Waals surface area contributed by atoms with Gasteiger partial charge in [-0.15, -0.1) is 0 Å². The highest BCUT2D eigenvalue weighted by Crippen LogP contribution is 2.27. The lowest BCUT2D eigenvalue weighted by molar-refractivity contribution is 0.254. The van der Waals surface area contributed by atoms with Gasteiger partial charge in [0.2, 0.25) is 0 Å². The molecule has 0 aromatic carbocycles. The Balaban J connectivity index is 4.07. The Morgan fingerprint density at radius 1 is 1.06 bits per heavy atom. The van der Waals surface area contributed by atoms with Crippen molar-refractivity contribution in [2.24, 2.45) is 17.3 Å². The van der Waals surface area contributed by atoms with Crippen LogP contribution < -0.4 is 5.32 Å². The van der Waals surface area contributed by atoms with E-state index in [9.17, 15) is 0 Å². The second-order valence-electron chi connectivity index (χ2n) is 6.91. The Bertz CT molecular complexity index is 167. The quantitative estimate of drug-likeness (QED) is 0.676. The summed E-state index contributed by atoms with van der Waals surface area (Å²) in [5.41, 5.74) is 0.464. The summed E-state index contributed by atoms with van der Waals surface area (Å²) in [5.74, 6) is 1.56. The van der Waals surface area contributed by atoms with Gasteiger partial charge >= 0.3 is 0 Å². The first-order valence-electron chi connectivity index (χ1n) is 6.99. The Hall–Kier alpha value is -0.0400. The molecule has 0 spiro atoms. The zero-order valence-corrected chi connectivity index (χ0v) is 12.6. The molecule has 0 aromatic heterocycles. The van der Waals surface area contributed by atoms with Crippen molar-refractivity contribution in [2.45, 2.75) is 73.8 Å². The summed E-state index contributed by atoms with van der Waals surface area (Å²) >= 11 is 0. The maximum atomic E-state index is 3.69. The van der Waals surface area contributed by atoms with E-state index in [-0.39, 0.29) is 0 Å². The maximum absolute atomic E-state index is 3.69. The average Bonchev–Trinajstić information content (AvgIpc) is 2.08. The predicted molar refractivity (Wildman–Crippen MR) is 74.8 cm³/mol. The second kappa shape index (κ2) is 7.32. The van der Waals surface area contributed by atoms with E-state index in [1.807, 2.05) is 0 Å². The van der Waals surface area contributed by atoms with Crippen LogP contribution in [0.2, 0.25) is 0 Å². The summed E-state index contributed by atoms with van der Waals surface area (Å²) in [7, 11) is 0. The molecule has 0 aliphatic heterocycles. The van der Waals surface area contributed by atoms with Crippen molar-refractivity contribution >= 4 is 0 Å². The Labute approximate surface area is 103 Å². The van der Waals surface area contributed by atoms with E-state index in [1.54, 1.807) is 0 Å². The van der Waals surface area contributed by atoms with Gasteiger partial charge in [0.1, 0.15) is 0 Å². The molecule has 2 atom stereocenters. The lowest BCUT2D eigenvalue weighted by Gasteiger charge is -2.29. The molecule has 0 saturated heterocycles. The lowest BCUT2D eigenvalue weighted by atomic mass is 9.81. The van der Waals surface area contributed by atoms with Gasteiger partial charge in [0.25, 0.3) is 0 Å². The third kappa shape index (κ3) is 8.15. The summed E-state index contributed by atoms with van der Waals surface area (Å²) in [6, 6.07) is 0.692. The zero-order valence-electron chi connectivity index (χ0n) is 12.6. The van der Waals surface area contributed by atoms with Gasteiger partial charge in [-0.3, -0.25) is 0 Å². The first kappa shape index (κ1) is 16.0. The van der Waals surface area contributed by atoms with Crippen molar-refractivity contribution in [1.82, 2.24) is 5.32 Å².